The molecule has 19 rings (SSSR count). The number of nitrogens with zero attached hydrogens (tertiary/aromatic N) is 6. The van der Waals surface area contributed by atoms with E-state index in [1.807, 2.05) is 60.7 Å². The van der Waals surface area contributed by atoms with Crippen LogP contribution in [0.25, 0.3) is 174 Å². The summed E-state index contributed by atoms with van der Waals surface area (Å²) >= 11 is 0. The number of rotatable bonds is 16. The van der Waals surface area contributed by atoms with Gasteiger partial charge in [0.2, 0.25) is 5.89 Å². The molecular formula is C101H70N6O. The van der Waals surface area contributed by atoms with Gasteiger partial charge in [0.1, 0.15) is 5.52 Å². The fourth-order valence-corrected chi connectivity index (χ4v) is 15.0. The molecule has 0 radical (unpaired) electrons. The molecule has 0 saturated carbocycles. The van der Waals surface area contributed by atoms with E-state index in [1.54, 1.807) is 0 Å². The second-order valence-corrected chi connectivity index (χ2v) is 26.6. The summed E-state index contributed by atoms with van der Waals surface area (Å²) in [5.41, 5.74) is 31.1. The largest absolute Gasteiger partial charge is 0.436 e. The topological polar surface area (TPSA) is 66.6 Å². The van der Waals surface area contributed by atoms with Crippen molar-refractivity contribution < 1.29 is 4.42 Å². The molecule has 0 aliphatic carbocycles. The normalized spacial score (nSPS) is 11.1. The fraction of sp³-hybridized carbons (Fsp3) is 0. The van der Waals surface area contributed by atoms with Crippen LogP contribution in [0.3, 0.4) is 0 Å². The van der Waals surface area contributed by atoms with Crippen molar-refractivity contribution >= 4 is 11.1 Å². The first kappa shape index (κ1) is 65.5. The molecule has 0 unspecified atom stereocenters. The van der Waals surface area contributed by atoms with E-state index < -0.39 is 0 Å². The van der Waals surface area contributed by atoms with Crippen molar-refractivity contribution in [3.63, 3.8) is 0 Å². The monoisotopic (exact) mass is 1380 g/mol. The first-order valence-electron chi connectivity index (χ1n) is 36.5. The summed E-state index contributed by atoms with van der Waals surface area (Å²) in [4.78, 5) is 4.68. The standard InChI is InChI=1S/C54H38N4.C47H32N2O/c1-7-19-41(20-8-1)49-50(42-21-9-2-10-22-42)52(44-25-13-4-14-26-44)57(51(49)43-23-11-3-12-24-43)47-35-31-39(32-36-47)40-33-37-48(38-34-40)58-53(45-27-15-5-16-28-45)55-56-54(58)46-29-17-6-18-30-46;1-5-15-35(16-6-1)43-44(36-17-7-2-8-18-36)46(38-21-11-4-12-22-38)49(45(43)37-19-9-3-10-20-37)40-31-29-34(30-32-40)33-25-27-39(28-26-33)47-48-41-23-13-14-24-42(41)50-47/h1-38H;1-32H. The number of hydrogen-bond donors (Lipinski definition) is 0. The Morgan fingerprint density at radius 1 is 0.176 bits per heavy atom. The zero-order chi connectivity index (χ0) is 72.0. The van der Waals surface area contributed by atoms with E-state index in [0.717, 1.165) is 124 Å². The van der Waals surface area contributed by atoms with Gasteiger partial charge < -0.3 is 13.6 Å². The van der Waals surface area contributed by atoms with Crippen LogP contribution in [0, 0.1) is 0 Å². The third kappa shape index (κ3) is 12.8. The van der Waals surface area contributed by atoms with Crippen LogP contribution >= 0.6 is 0 Å². The Bertz CT molecular complexity index is 5940. The molecule has 0 aliphatic heterocycles. The average Bonchev–Trinajstić information content (AvgIpc) is 1.58. The molecule has 4 heterocycles. The van der Waals surface area contributed by atoms with Crippen molar-refractivity contribution in [3.8, 4) is 163 Å². The van der Waals surface area contributed by atoms with Crippen molar-refractivity contribution in [1.82, 2.24) is 28.9 Å². The molecule has 0 spiro atoms. The van der Waals surface area contributed by atoms with E-state index in [4.69, 9.17) is 4.42 Å². The van der Waals surface area contributed by atoms with E-state index in [0.29, 0.717) is 5.89 Å². The maximum atomic E-state index is 6.02. The Kier molecular flexibility index (Phi) is 18.0. The Morgan fingerprint density at radius 2 is 0.398 bits per heavy atom. The number of hydrogen-bond acceptors (Lipinski definition) is 4. The van der Waals surface area contributed by atoms with Gasteiger partial charge in [0.05, 0.1) is 22.8 Å². The molecule has 0 amide bonds. The number of fused-ring (bicyclic) bond motifs is 1. The van der Waals surface area contributed by atoms with Gasteiger partial charge in [-0.15, -0.1) is 10.2 Å². The van der Waals surface area contributed by atoms with E-state index in [-0.39, 0.29) is 0 Å². The average molecular weight is 1380 g/mol. The zero-order valence-electron chi connectivity index (χ0n) is 59.0. The fourth-order valence-electron chi connectivity index (χ4n) is 15.0. The van der Waals surface area contributed by atoms with Crippen LogP contribution in [-0.4, -0.2) is 28.9 Å². The van der Waals surface area contributed by atoms with Gasteiger partial charge in [0.25, 0.3) is 0 Å². The highest BCUT2D eigenvalue weighted by Gasteiger charge is 2.30. The summed E-state index contributed by atoms with van der Waals surface area (Å²) in [6, 6.07) is 150. The summed E-state index contributed by atoms with van der Waals surface area (Å²) in [7, 11) is 0. The lowest BCUT2D eigenvalue weighted by Crippen LogP contribution is -2.01. The molecule has 0 N–H and O–H groups in total. The molecule has 0 saturated heterocycles. The van der Waals surface area contributed by atoms with Crippen molar-refractivity contribution in [3.05, 3.63) is 425 Å². The van der Waals surface area contributed by atoms with Gasteiger partial charge in [0.15, 0.2) is 17.2 Å². The van der Waals surface area contributed by atoms with Crippen LogP contribution in [0.15, 0.2) is 429 Å². The van der Waals surface area contributed by atoms with Gasteiger partial charge in [-0.2, -0.15) is 0 Å². The van der Waals surface area contributed by atoms with E-state index in [9.17, 15) is 0 Å². The smallest absolute Gasteiger partial charge is 0.227 e. The molecule has 0 aliphatic rings. The molecule has 0 bridgehead atoms. The SMILES string of the molecule is c1ccc(-c2c(-c3ccccc3)c(-c3ccccc3)n(-c3ccc(-c4ccc(-c5nc6ccccc6o5)cc4)cc3)c2-c2ccccc2)cc1.c1ccc(-c2c(-c3ccccc3)c(-c3ccccc3)n(-c3ccc(-c4ccc(-n5c(-c6ccccc6)nnc5-c5ccccc5)cc4)cc3)c2-c2ccccc2)cc1. The van der Waals surface area contributed by atoms with Gasteiger partial charge in [-0.1, -0.05) is 364 Å². The van der Waals surface area contributed by atoms with Crippen LogP contribution in [0.5, 0.6) is 0 Å². The summed E-state index contributed by atoms with van der Waals surface area (Å²) in [6.07, 6.45) is 0. The third-order valence-corrected chi connectivity index (χ3v) is 20.0. The van der Waals surface area contributed by atoms with Gasteiger partial charge in [-0.3, -0.25) is 4.57 Å². The van der Waals surface area contributed by atoms with E-state index in [1.165, 1.54) is 44.5 Å². The first-order valence-corrected chi connectivity index (χ1v) is 36.5. The number of benzene rings is 15. The molecule has 0 atom stereocenters. The van der Waals surface area contributed by atoms with Crippen LogP contribution in [0.2, 0.25) is 0 Å². The van der Waals surface area contributed by atoms with Gasteiger partial charge >= 0.3 is 0 Å². The third-order valence-electron chi connectivity index (χ3n) is 20.0. The number of aromatic nitrogens is 6. The molecular weight excluding hydrogens is 1310 g/mol. The van der Waals surface area contributed by atoms with Crippen LogP contribution in [0.1, 0.15) is 0 Å². The maximum Gasteiger partial charge on any atom is 0.227 e. The number of para-hydroxylation sites is 2. The van der Waals surface area contributed by atoms with Crippen molar-refractivity contribution in [2.24, 2.45) is 0 Å². The summed E-state index contributed by atoms with van der Waals surface area (Å²) in [6.45, 7) is 0. The summed E-state index contributed by atoms with van der Waals surface area (Å²) < 4.78 is 13.1. The lowest BCUT2D eigenvalue weighted by atomic mass is 9.91. The minimum atomic E-state index is 0.631. The highest BCUT2D eigenvalue weighted by molar-refractivity contribution is 6.05. The van der Waals surface area contributed by atoms with Gasteiger partial charge in [-0.05, 0) is 127 Å². The highest BCUT2D eigenvalue weighted by Crippen LogP contribution is 2.52. The second kappa shape index (κ2) is 29.7. The Hall–Kier alpha value is -14.5. The Morgan fingerprint density at radius 3 is 0.676 bits per heavy atom. The molecule has 15 aromatic carbocycles. The first-order chi connectivity index (χ1) is 53.6. The van der Waals surface area contributed by atoms with Crippen LogP contribution in [-0.2, 0) is 0 Å². The molecule has 19 aromatic rings. The van der Waals surface area contributed by atoms with E-state index in [2.05, 4.69) is 393 Å². The summed E-state index contributed by atoms with van der Waals surface area (Å²) in [5.74, 6) is 2.24. The zero-order valence-corrected chi connectivity index (χ0v) is 59.0. The molecule has 108 heavy (non-hydrogen) atoms. The van der Waals surface area contributed by atoms with Crippen molar-refractivity contribution in [2.45, 2.75) is 0 Å². The predicted octanol–water partition coefficient (Wildman–Crippen LogP) is 26.3. The van der Waals surface area contributed by atoms with Crippen molar-refractivity contribution in [2.75, 3.05) is 0 Å². The minimum absolute atomic E-state index is 0.631. The minimum Gasteiger partial charge on any atom is -0.436 e. The Labute approximate surface area is 628 Å². The van der Waals surface area contributed by atoms with Crippen LogP contribution in [0.4, 0.5) is 0 Å². The lowest BCUT2D eigenvalue weighted by Gasteiger charge is -2.17. The molecule has 7 heteroatoms. The highest BCUT2D eigenvalue weighted by atomic mass is 16.3. The molecule has 4 aromatic heterocycles. The number of oxazole rings is 1. The predicted molar refractivity (Wildman–Crippen MR) is 445 cm³/mol. The lowest BCUT2D eigenvalue weighted by molar-refractivity contribution is 0.620. The molecule has 0 fully saturated rings. The van der Waals surface area contributed by atoms with Crippen LogP contribution < -0.4 is 0 Å². The van der Waals surface area contributed by atoms with E-state index >= 15 is 0 Å². The maximum absolute atomic E-state index is 6.02. The van der Waals surface area contributed by atoms with Gasteiger partial charge in [-0.25, -0.2) is 4.98 Å². The Balaban J connectivity index is 0.000000154. The second-order valence-electron chi connectivity index (χ2n) is 26.6. The summed E-state index contributed by atoms with van der Waals surface area (Å²) in [5, 5.41) is 9.35. The van der Waals surface area contributed by atoms with Gasteiger partial charge in [0, 0.05) is 56.0 Å². The van der Waals surface area contributed by atoms with Crippen molar-refractivity contribution in [1.29, 1.82) is 0 Å². The quantitative estimate of drug-likeness (QED) is 0.0967. The molecule has 7 nitrogen and oxygen atoms in total. The molecule has 510 valence electrons.